The van der Waals surface area contributed by atoms with Gasteiger partial charge in [-0.3, -0.25) is 0 Å². The Bertz CT molecular complexity index is 1420. The van der Waals surface area contributed by atoms with Crippen LogP contribution in [0.3, 0.4) is 0 Å². The van der Waals surface area contributed by atoms with Crippen molar-refractivity contribution in [2.24, 2.45) is 4.99 Å². The van der Waals surface area contributed by atoms with E-state index in [1.54, 1.807) is 20.2 Å². The first-order valence-corrected chi connectivity index (χ1v) is 22.6. The summed E-state index contributed by atoms with van der Waals surface area (Å²) in [6, 6.07) is 10.2. The zero-order valence-electron chi connectivity index (χ0n) is 29.3. The standard InChI is InChI=1S/C32H51N4O8PSeSi/c1-11-40-45(38,41-12-2)22-39-29-25(46-23-16-14-13-15-17-23)18-26(42-29)36-21-33-27-24(44-47(9,10)32(6,7)8)19-35(20-34-28(27)36)30(37)43-31(3,4)5/h13-17,20-21,24-26,29H,11-12,18-19,22H2,1-10H3/t24-,25+,26-,29+/m1/s1. The predicted octanol–water partition coefficient (Wildman–Crippen LogP) is 7.16. The van der Waals surface area contributed by atoms with Crippen LogP contribution < -0.4 is 4.46 Å². The quantitative estimate of drug-likeness (QED) is 0.164. The van der Waals surface area contributed by atoms with E-state index < -0.39 is 46.2 Å². The number of amides is 1. The van der Waals surface area contributed by atoms with Crippen molar-refractivity contribution in [2.45, 2.75) is 109 Å². The fourth-order valence-electron chi connectivity index (χ4n) is 4.83. The van der Waals surface area contributed by atoms with Gasteiger partial charge in [0.05, 0.1) is 0 Å². The van der Waals surface area contributed by atoms with E-state index in [2.05, 4.69) is 46.0 Å². The van der Waals surface area contributed by atoms with Crippen LogP contribution in [0.5, 0.6) is 0 Å². The Labute approximate surface area is 286 Å². The Morgan fingerprint density at radius 1 is 1.09 bits per heavy atom. The van der Waals surface area contributed by atoms with Gasteiger partial charge in [0, 0.05) is 0 Å². The van der Waals surface area contributed by atoms with Gasteiger partial charge in [-0.05, 0) is 0 Å². The normalized spacial score (nSPS) is 22.3. The summed E-state index contributed by atoms with van der Waals surface area (Å²) in [4.78, 5) is 24.3. The van der Waals surface area contributed by atoms with Crippen molar-refractivity contribution in [1.82, 2.24) is 14.5 Å². The fraction of sp³-hybridized carbons (Fsp3) is 0.656. The molecule has 262 valence electrons. The summed E-state index contributed by atoms with van der Waals surface area (Å²) >= 11 is -0.0236. The number of fused-ring (bicyclic) bond motifs is 1. The molecule has 15 heteroatoms. The number of nitrogens with zero attached hydrogens (tertiary/aromatic N) is 4. The molecule has 47 heavy (non-hydrogen) atoms. The number of rotatable bonds is 12. The summed E-state index contributed by atoms with van der Waals surface area (Å²) in [5, 5.41) is -0.0755. The number of aromatic nitrogens is 2. The zero-order chi connectivity index (χ0) is 34.6. The van der Waals surface area contributed by atoms with Gasteiger partial charge in [0.2, 0.25) is 0 Å². The van der Waals surface area contributed by atoms with Gasteiger partial charge in [-0.15, -0.1) is 0 Å². The molecule has 1 amide bonds. The van der Waals surface area contributed by atoms with Crippen molar-refractivity contribution < 1.29 is 37.0 Å². The van der Waals surface area contributed by atoms with Gasteiger partial charge in [-0.1, -0.05) is 0 Å². The number of ether oxygens (including phenoxy) is 3. The van der Waals surface area contributed by atoms with Gasteiger partial charge >= 0.3 is 288 Å². The SMILES string of the molecule is CCOP(=O)(CO[C@H]1O[C@@H](n2cnc3c2N=CN(C(=O)OC(C)(C)C)C[C@H]3O[Si](C)(C)C(C)(C)C)C[C@@H]1[Se]c1ccccc1)OCC. The van der Waals surface area contributed by atoms with Crippen molar-refractivity contribution in [3.8, 4) is 0 Å². The van der Waals surface area contributed by atoms with Crippen LogP contribution in [0.4, 0.5) is 10.6 Å². The minimum absolute atomic E-state index is 0.0167. The topological polar surface area (TPSA) is 123 Å². The molecule has 2 aliphatic rings. The molecular formula is C32H51N4O8PSeSi. The Hall–Kier alpha value is -1.86. The molecule has 0 radical (unpaired) electrons. The van der Waals surface area contributed by atoms with Crippen molar-refractivity contribution in [2.75, 3.05) is 26.1 Å². The number of hydrogen-bond donors (Lipinski definition) is 0. The summed E-state index contributed by atoms with van der Waals surface area (Å²) < 4.78 is 52.6. The average molecular weight is 758 g/mol. The predicted molar refractivity (Wildman–Crippen MR) is 185 cm³/mol. The van der Waals surface area contributed by atoms with Gasteiger partial charge in [0.15, 0.2) is 0 Å². The second-order valence-corrected chi connectivity index (χ2v) is 23.5. The van der Waals surface area contributed by atoms with Crippen LogP contribution in [0, 0.1) is 0 Å². The van der Waals surface area contributed by atoms with Gasteiger partial charge < -0.3 is 0 Å². The zero-order valence-corrected chi connectivity index (χ0v) is 32.9. The molecule has 3 heterocycles. The third-order valence-electron chi connectivity index (χ3n) is 8.07. The van der Waals surface area contributed by atoms with Crippen LogP contribution >= 0.6 is 7.60 Å². The molecule has 4 atom stereocenters. The molecule has 0 bridgehead atoms. The molecule has 2 aromatic rings. The summed E-state index contributed by atoms with van der Waals surface area (Å²) in [5.74, 6) is 0.547. The number of carbonyl (C=O) groups is 1. The maximum absolute atomic E-state index is 13.3. The Morgan fingerprint density at radius 2 is 1.74 bits per heavy atom. The summed E-state index contributed by atoms with van der Waals surface area (Å²) in [6.07, 6.45) is 1.40. The number of imidazole rings is 1. The molecule has 4 rings (SSSR count). The molecular weight excluding hydrogens is 706 g/mol. The molecule has 1 aromatic carbocycles. The molecule has 12 nitrogen and oxygen atoms in total. The van der Waals surface area contributed by atoms with E-state index in [1.165, 1.54) is 15.7 Å². The van der Waals surface area contributed by atoms with Crippen LogP contribution in [0.2, 0.25) is 22.9 Å². The van der Waals surface area contributed by atoms with E-state index in [-0.39, 0.29) is 50.9 Å². The van der Waals surface area contributed by atoms with Gasteiger partial charge in [0.1, 0.15) is 0 Å². The number of carbonyl (C=O) groups excluding carboxylic acids is 1. The Kier molecular flexibility index (Phi) is 12.4. The monoisotopic (exact) mass is 758 g/mol. The number of aliphatic imine (C=N–C) groups is 1. The van der Waals surface area contributed by atoms with Crippen molar-refractivity contribution in [3.05, 3.63) is 42.4 Å². The van der Waals surface area contributed by atoms with E-state index in [0.29, 0.717) is 17.9 Å². The first kappa shape index (κ1) is 37.9. The van der Waals surface area contributed by atoms with Crippen LogP contribution in [-0.2, 0) is 32.2 Å². The van der Waals surface area contributed by atoms with E-state index in [9.17, 15) is 9.36 Å². The van der Waals surface area contributed by atoms with Gasteiger partial charge in [-0.25, -0.2) is 0 Å². The molecule has 1 aromatic heterocycles. The first-order valence-electron chi connectivity index (χ1n) is 16.1. The van der Waals surface area contributed by atoms with Crippen LogP contribution in [0.25, 0.3) is 0 Å². The second-order valence-electron chi connectivity index (χ2n) is 14.0. The molecule has 1 saturated heterocycles. The molecule has 2 aliphatic heterocycles. The molecule has 0 spiro atoms. The molecule has 0 unspecified atom stereocenters. The fourth-order valence-corrected chi connectivity index (χ4v) is 9.89. The molecule has 1 fully saturated rings. The summed E-state index contributed by atoms with van der Waals surface area (Å²) in [7, 11) is -5.77. The molecule has 0 saturated carbocycles. The molecule has 0 aliphatic carbocycles. The van der Waals surface area contributed by atoms with E-state index in [4.69, 9.17) is 37.7 Å². The third kappa shape index (κ3) is 9.86. The average Bonchev–Trinajstić information content (AvgIpc) is 3.52. The van der Waals surface area contributed by atoms with Crippen molar-refractivity contribution in [3.63, 3.8) is 0 Å². The Balaban J connectivity index is 1.67. The van der Waals surface area contributed by atoms with Gasteiger partial charge in [-0.2, -0.15) is 0 Å². The third-order valence-corrected chi connectivity index (χ3v) is 17.0. The van der Waals surface area contributed by atoms with Crippen molar-refractivity contribution >= 4 is 53.6 Å². The maximum atomic E-state index is 13.3. The van der Waals surface area contributed by atoms with E-state index in [1.807, 2.05) is 43.5 Å². The van der Waals surface area contributed by atoms with Crippen LogP contribution in [0.15, 0.2) is 41.7 Å². The van der Waals surface area contributed by atoms with E-state index in [0.717, 1.165) is 0 Å². The summed E-state index contributed by atoms with van der Waals surface area (Å²) in [5.41, 5.74) is -0.0448. The number of hydrogen-bond acceptors (Lipinski definition) is 10. The molecule has 0 N–H and O–H groups in total. The minimum atomic E-state index is -3.46. The Morgan fingerprint density at radius 3 is 2.34 bits per heavy atom. The van der Waals surface area contributed by atoms with Crippen LogP contribution in [-0.4, -0.2) is 88.2 Å². The number of benzene rings is 1. The summed E-state index contributed by atoms with van der Waals surface area (Å²) in [6.45, 7) is 20.6. The second kappa shape index (κ2) is 15.4. The first-order chi connectivity index (χ1) is 21.9. The van der Waals surface area contributed by atoms with Crippen molar-refractivity contribution in [1.29, 1.82) is 0 Å². The van der Waals surface area contributed by atoms with E-state index >= 15 is 0 Å². The van der Waals surface area contributed by atoms with Gasteiger partial charge in [0.25, 0.3) is 0 Å². The van der Waals surface area contributed by atoms with Crippen LogP contribution in [0.1, 0.15) is 79.8 Å².